The molecule has 2 saturated heterocycles. The van der Waals surface area contributed by atoms with E-state index in [0.29, 0.717) is 16.8 Å². The second-order valence-corrected chi connectivity index (χ2v) is 14.6. The molecule has 0 unspecified atom stereocenters. The van der Waals surface area contributed by atoms with E-state index in [1.54, 1.807) is 11.0 Å². The molecule has 1 amide bonds. The van der Waals surface area contributed by atoms with Crippen LogP contribution in [0.4, 0.5) is 4.79 Å². The molecular weight excluding hydrogens is 576 g/mol. The quantitative estimate of drug-likeness (QED) is 0.241. The molecule has 2 aliphatic rings. The number of morpholine rings is 1. The monoisotopic (exact) mass is 624 g/mol. The van der Waals surface area contributed by atoms with Crippen molar-refractivity contribution < 1.29 is 24.5 Å². The SMILES string of the molecule is CC(C)(C)N(CCSCCCCCCN1CCC2(CC1)CNCCO2)C(=O)OC[C@H](O)c1ccc(O)c2[nH]c(=O)sc12. The molecule has 2 fully saturated rings. The number of carbonyl (C=O) groups excluding carboxylic acids is 1. The largest absolute Gasteiger partial charge is 0.506 e. The highest BCUT2D eigenvalue weighted by Crippen LogP contribution is 2.32. The minimum atomic E-state index is -1.12. The topological polar surface area (TPSA) is 127 Å². The molecule has 0 aliphatic carbocycles. The van der Waals surface area contributed by atoms with Crippen LogP contribution in [-0.4, -0.2) is 106 Å². The van der Waals surface area contributed by atoms with Gasteiger partial charge in [0.05, 0.1) is 16.9 Å². The molecule has 1 spiro atoms. The lowest BCUT2D eigenvalue weighted by Crippen LogP contribution is -2.55. The maximum atomic E-state index is 13.0. The van der Waals surface area contributed by atoms with Gasteiger partial charge in [-0.3, -0.25) is 4.79 Å². The summed E-state index contributed by atoms with van der Waals surface area (Å²) < 4.78 is 12.1. The van der Waals surface area contributed by atoms with Crippen molar-refractivity contribution in [1.29, 1.82) is 0 Å². The van der Waals surface area contributed by atoms with Crippen LogP contribution in [0.3, 0.4) is 0 Å². The van der Waals surface area contributed by atoms with Crippen molar-refractivity contribution in [3.05, 3.63) is 27.4 Å². The molecule has 0 bridgehead atoms. The van der Waals surface area contributed by atoms with Crippen molar-refractivity contribution in [1.82, 2.24) is 20.1 Å². The van der Waals surface area contributed by atoms with E-state index in [0.717, 1.165) is 68.5 Å². The summed E-state index contributed by atoms with van der Waals surface area (Å²) in [4.78, 5) is 31.3. The van der Waals surface area contributed by atoms with Gasteiger partial charge in [-0.1, -0.05) is 30.2 Å². The van der Waals surface area contributed by atoms with Crippen LogP contribution in [0.1, 0.15) is 71.0 Å². The zero-order valence-corrected chi connectivity index (χ0v) is 26.9. The highest BCUT2D eigenvalue weighted by molar-refractivity contribution is 7.99. The van der Waals surface area contributed by atoms with Crippen LogP contribution in [0.5, 0.6) is 5.75 Å². The van der Waals surface area contributed by atoms with E-state index in [-0.39, 0.29) is 28.3 Å². The fourth-order valence-electron chi connectivity index (χ4n) is 5.68. The molecule has 42 heavy (non-hydrogen) atoms. The predicted molar refractivity (Wildman–Crippen MR) is 170 cm³/mol. The highest BCUT2D eigenvalue weighted by atomic mass is 32.2. The van der Waals surface area contributed by atoms with Crippen molar-refractivity contribution >= 4 is 39.4 Å². The van der Waals surface area contributed by atoms with E-state index >= 15 is 0 Å². The Hall–Kier alpha value is -1.83. The number of phenolic OH excluding ortho intramolecular Hbond substituents is 1. The number of nitrogens with one attached hydrogen (secondary N) is 2. The molecule has 4 rings (SSSR count). The Balaban J connectivity index is 1.09. The van der Waals surface area contributed by atoms with Gasteiger partial charge in [0.25, 0.3) is 0 Å². The number of nitrogens with zero attached hydrogens (tertiary/aromatic N) is 2. The first-order valence-corrected chi connectivity index (χ1v) is 17.2. The number of ether oxygens (including phenoxy) is 2. The van der Waals surface area contributed by atoms with Crippen LogP contribution < -0.4 is 10.2 Å². The van der Waals surface area contributed by atoms with Crippen LogP contribution in [-0.2, 0) is 9.47 Å². The number of fused-ring (bicyclic) bond motifs is 1. The summed E-state index contributed by atoms with van der Waals surface area (Å²) in [6, 6.07) is 2.96. The molecular formula is C30H48N4O6S2. The molecule has 1 aromatic heterocycles. The third kappa shape index (κ3) is 9.09. The number of benzene rings is 1. The molecule has 236 valence electrons. The van der Waals surface area contributed by atoms with E-state index in [1.807, 2.05) is 32.5 Å². The lowest BCUT2D eigenvalue weighted by molar-refractivity contribution is -0.0996. The van der Waals surface area contributed by atoms with Gasteiger partial charge in [-0.05, 0) is 64.8 Å². The number of carbonyl (C=O) groups is 1. The summed E-state index contributed by atoms with van der Waals surface area (Å²) in [5.41, 5.74) is 0.374. The van der Waals surface area contributed by atoms with E-state index in [4.69, 9.17) is 9.47 Å². The zero-order chi connectivity index (χ0) is 30.2. The lowest BCUT2D eigenvalue weighted by Gasteiger charge is -2.44. The number of amides is 1. The number of aromatic hydroxyl groups is 1. The zero-order valence-electron chi connectivity index (χ0n) is 25.3. The summed E-state index contributed by atoms with van der Waals surface area (Å²) >= 11 is 2.76. The normalized spacial score (nSPS) is 18.4. The average molecular weight is 625 g/mol. The highest BCUT2D eigenvalue weighted by Gasteiger charge is 2.36. The summed E-state index contributed by atoms with van der Waals surface area (Å²) in [7, 11) is 0. The van der Waals surface area contributed by atoms with Crippen molar-refractivity contribution in [2.24, 2.45) is 0 Å². The number of phenols is 1. The molecule has 3 heterocycles. The Morgan fingerprint density at radius 1 is 1.21 bits per heavy atom. The standard InChI is InChI=1S/C30H48N4O6S2/c1-29(2,3)34(28(38)39-20-24(36)22-8-9-23(35)25-26(22)42-27(37)32-25)16-19-41-18-7-5-4-6-13-33-14-10-30(11-15-33)21-31-12-17-40-30/h8-9,24,31,35-36H,4-7,10-21H2,1-3H3,(H,32,37)/t24-/m0/s1. The first-order valence-electron chi connectivity index (χ1n) is 15.2. The van der Waals surface area contributed by atoms with Gasteiger partial charge in [0.1, 0.15) is 24.0 Å². The number of aromatic nitrogens is 1. The molecule has 1 aromatic carbocycles. The predicted octanol–water partition coefficient (Wildman–Crippen LogP) is 4.31. The van der Waals surface area contributed by atoms with E-state index in [2.05, 4.69) is 15.2 Å². The number of hydrogen-bond donors (Lipinski definition) is 4. The number of aromatic amines is 1. The maximum Gasteiger partial charge on any atom is 0.410 e. The van der Waals surface area contributed by atoms with Gasteiger partial charge in [-0.2, -0.15) is 11.8 Å². The van der Waals surface area contributed by atoms with Crippen molar-refractivity contribution in [2.75, 3.05) is 64.0 Å². The number of unbranched alkanes of at least 4 members (excludes halogenated alkanes) is 3. The van der Waals surface area contributed by atoms with E-state index in [9.17, 15) is 19.8 Å². The third-order valence-corrected chi connectivity index (χ3v) is 10.2. The first-order chi connectivity index (χ1) is 20.1. The van der Waals surface area contributed by atoms with Gasteiger partial charge in [-0.25, -0.2) is 4.79 Å². The van der Waals surface area contributed by atoms with Gasteiger partial charge in [0, 0.05) is 49.6 Å². The second-order valence-electron chi connectivity index (χ2n) is 12.4. The number of piperidine rings is 1. The van der Waals surface area contributed by atoms with Crippen molar-refractivity contribution in [3.8, 4) is 5.75 Å². The average Bonchev–Trinajstić information content (AvgIpc) is 3.36. The molecule has 2 aromatic rings. The third-order valence-electron chi connectivity index (χ3n) is 8.22. The number of H-pyrrole nitrogens is 1. The number of likely N-dealkylation sites (tertiary alicyclic amines) is 1. The maximum absolute atomic E-state index is 13.0. The van der Waals surface area contributed by atoms with Crippen LogP contribution in [0, 0.1) is 0 Å². The van der Waals surface area contributed by atoms with Crippen LogP contribution >= 0.6 is 23.1 Å². The Bertz CT molecular complexity index is 1200. The second kappa shape index (κ2) is 15.3. The Kier molecular flexibility index (Phi) is 12.0. The van der Waals surface area contributed by atoms with Gasteiger partial charge in [0.2, 0.25) is 0 Å². The molecule has 10 nitrogen and oxygen atoms in total. The number of aliphatic hydroxyl groups is 1. The first kappa shape index (κ1) is 33.1. The molecule has 1 atom stereocenters. The Labute approximate surface area is 257 Å². The number of thioether (sulfide) groups is 1. The van der Waals surface area contributed by atoms with E-state index < -0.39 is 17.7 Å². The molecule has 0 saturated carbocycles. The number of thiazole rings is 1. The summed E-state index contributed by atoms with van der Waals surface area (Å²) in [6.07, 6.45) is 5.56. The minimum Gasteiger partial charge on any atom is -0.506 e. The fourth-order valence-corrected chi connectivity index (χ4v) is 7.53. The summed E-state index contributed by atoms with van der Waals surface area (Å²) in [5.74, 6) is 1.82. The fraction of sp³-hybridized carbons (Fsp3) is 0.733. The van der Waals surface area contributed by atoms with Gasteiger partial charge >= 0.3 is 11.0 Å². The van der Waals surface area contributed by atoms with Gasteiger partial charge in [-0.15, -0.1) is 0 Å². The Morgan fingerprint density at radius 3 is 2.69 bits per heavy atom. The van der Waals surface area contributed by atoms with Crippen molar-refractivity contribution in [2.45, 2.75) is 76.5 Å². The minimum absolute atomic E-state index is 0.0636. The number of hydrogen-bond acceptors (Lipinski definition) is 10. The molecule has 2 aliphatic heterocycles. The van der Waals surface area contributed by atoms with Crippen LogP contribution in [0.25, 0.3) is 10.2 Å². The molecule has 4 N–H and O–H groups in total. The molecule has 0 radical (unpaired) electrons. The number of rotatable bonds is 13. The smallest absolute Gasteiger partial charge is 0.410 e. The van der Waals surface area contributed by atoms with Crippen molar-refractivity contribution in [3.63, 3.8) is 0 Å². The van der Waals surface area contributed by atoms with Crippen LogP contribution in [0.15, 0.2) is 16.9 Å². The number of aliphatic hydroxyl groups excluding tert-OH is 1. The van der Waals surface area contributed by atoms with E-state index in [1.165, 1.54) is 38.3 Å². The summed E-state index contributed by atoms with van der Waals surface area (Å²) in [5, 5.41) is 24.2. The van der Waals surface area contributed by atoms with Crippen LogP contribution in [0.2, 0.25) is 0 Å². The Morgan fingerprint density at radius 2 is 1.98 bits per heavy atom. The lowest BCUT2D eigenvalue weighted by atomic mass is 9.90. The van der Waals surface area contributed by atoms with Gasteiger partial charge < -0.3 is 39.8 Å². The van der Waals surface area contributed by atoms with Gasteiger partial charge in [0.15, 0.2) is 0 Å². The summed E-state index contributed by atoms with van der Waals surface area (Å²) in [6.45, 7) is 12.5. The molecule has 12 heteroatoms.